The maximum Gasteiger partial charge on any atom is 0.310 e. The largest absolute Gasteiger partial charge is 0.481 e. The van der Waals surface area contributed by atoms with Crippen molar-refractivity contribution in [1.29, 1.82) is 0 Å². The van der Waals surface area contributed by atoms with Crippen LogP contribution in [0.25, 0.3) is 0 Å². The Bertz CT molecular complexity index is 296. The molecule has 0 saturated heterocycles. The zero-order chi connectivity index (χ0) is 9.14. The fourth-order valence-electron chi connectivity index (χ4n) is 0.979. The smallest absolute Gasteiger partial charge is 0.310 e. The third kappa shape index (κ3) is 1.81. The summed E-state index contributed by atoms with van der Waals surface area (Å²) in [6.07, 6.45) is 1.63. The molecule has 1 unspecified atom stereocenters. The number of nitrogens with zero attached hydrogens (tertiary/aromatic N) is 1. The Labute approximate surface area is 71.1 Å². The maximum absolute atomic E-state index is 10.6. The molecule has 0 aliphatic heterocycles. The summed E-state index contributed by atoms with van der Waals surface area (Å²) in [6.45, 7) is 3.51. The fraction of sp³-hybridized carbons (Fsp3) is 0.333. The Morgan fingerprint density at radius 2 is 2.33 bits per heavy atom. The van der Waals surface area contributed by atoms with E-state index in [9.17, 15) is 4.79 Å². The van der Waals surface area contributed by atoms with Gasteiger partial charge in [-0.15, -0.1) is 0 Å². The molecule has 1 atom stereocenters. The van der Waals surface area contributed by atoms with Gasteiger partial charge >= 0.3 is 5.97 Å². The van der Waals surface area contributed by atoms with Gasteiger partial charge in [-0.3, -0.25) is 9.78 Å². The van der Waals surface area contributed by atoms with Gasteiger partial charge in [0.25, 0.3) is 0 Å². The maximum atomic E-state index is 10.6. The van der Waals surface area contributed by atoms with Crippen LogP contribution in [0.15, 0.2) is 18.3 Å². The number of carbonyl (C=O) groups is 1. The van der Waals surface area contributed by atoms with Crippen molar-refractivity contribution < 1.29 is 9.90 Å². The highest BCUT2D eigenvalue weighted by molar-refractivity contribution is 5.75. The van der Waals surface area contributed by atoms with Gasteiger partial charge in [-0.05, 0) is 31.5 Å². The van der Waals surface area contributed by atoms with Gasteiger partial charge in [0, 0.05) is 11.9 Å². The zero-order valence-electron chi connectivity index (χ0n) is 7.11. The minimum Gasteiger partial charge on any atom is -0.481 e. The van der Waals surface area contributed by atoms with E-state index < -0.39 is 11.9 Å². The number of hydrogen-bond donors (Lipinski definition) is 1. The number of carboxylic acids is 1. The van der Waals surface area contributed by atoms with Crippen LogP contribution in [0.2, 0.25) is 0 Å². The number of aromatic nitrogens is 1. The van der Waals surface area contributed by atoms with Crippen LogP contribution in [-0.4, -0.2) is 16.1 Å². The molecule has 1 heterocycles. The van der Waals surface area contributed by atoms with E-state index >= 15 is 0 Å². The first-order valence-electron chi connectivity index (χ1n) is 3.76. The molecule has 3 heteroatoms. The molecule has 0 saturated carbocycles. The average Bonchev–Trinajstić information content (AvgIpc) is 2.03. The minimum absolute atomic E-state index is 0.452. The summed E-state index contributed by atoms with van der Waals surface area (Å²) in [5.74, 6) is -1.26. The molecule has 0 aromatic carbocycles. The molecular weight excluding hydrogens is 154 g/mol. The van der Waals surface area contributed by atoms with E-state index in [4.69, 9.17) is 5.11 Å². The van der Waals surface area contributed by atoms with E-state index in [2.05, 4.69) is 4.98 Å². The van der Waals surface area contributed by atoms with Gasteiger partial charge in [-0.1, -0.05) is 0 Å². The number of carboxylic acid groups (broad SMARTS) is 1. The molecule has 0 radical (unpaired) electrons. The molecule has 64 valence electrons. The Balaban J connectivity index is 2.95. The van der Waals surface area contributed by atoms with Crippen molar-refractivity contribution in [2.24, 2.45) is 0 Å². The van der Waals surface area contributed by atoms with Gasteiger partial charge in [-0.25, -0.2) is 0 Å². The molecular formula is C9H11NO2. The predicted octanol–water partition coefficient (Wildman–Crippen LogP) is 1.58. The van der Waals surface area contributed by atoms with Gasteiger partial charge in [0.2, 0.25) is 0 Å². The molecule has 0 spiro atoms. The Morgan fingerprint density at radius 3 is 2.83 bits per heavy atom. The second-order valence-corrected chi connectivity index (χ2v) is 2.79. The van der Waals surface area contributed by atoms with Crippen LogP contribution >= 0.6 is 0 Å². The van der Waals surface area contributed by atoms with Crippen molar-refractivity contribution in [2.75, 3.05) is 0 Å². The summed E-state index contributed by atoms with van der Waals surface area (Å²) in [7, 11) is 0. The van der Waals surface area contributed by atoms with Crippen molar-refractivity contribution in [3.8, 4) is 0 Å². The van der Waals surface area contributed by atoms with Gasteiger partial charge in [-0.2, -0.15) is 0 Å². The standard InChI is InChI=1S/C9H11NO2/c1-6-5-8(3-4-10-6)7(2)9(11)12/h3-5,7H,1-2H3,(H,11,12). The lowest BCUT2D eigenvalue weighted by Crippen LogP contribution is -2.07. The van der Waals surface area contributed by atoms with Crippen molar-refractivity contribution in [3.63, 3.8) is 0 Å². The molecule has 0 bridgehead atoms. The molecule has 0 amide bonds. The minimum atomic E-state index is -0.805. The Kier molecular flexibility index (Phi) is 2.43. The molecule has 0 aliphatic carbocycles. The molecule has 1 aromatic heterocycles. The molecule has 3 nitrogen and oxygen atoms in total. The topological polar surface area (TPSA) is 50.2 Å². The third-order valence-electron chi connectivity index (χ3n) is 1.79. The normalized spacial score (nSPS) is 12.5. The quantitative estimate of drug-likeness (QED) is 0.723. The number of rotatable bonds is 2. The lowest BCUT2D eigenvalue weighted by atomic mass is 10.0. The number of pyridine rings is 1. The van der Waals surface area contributed by atoms with E-state index in [1.54, 1.807) is 25.3 Å². The van der Waals surface area contributed by atoms with Gasteiger partial charge in [0.1, 0.15) is 0 Å². The summed E-state index contributed by atoms with van der Waals surface area (Å²) in [6, 6.07) is 3.52. The van der Waals surface area contributed by atoms with Crippen molar-refractivity contribution in [3.05, 3.63) is 29.6 Å². The highest BCUT2D eigenvalue weighted by Gasteiger charge is 2.12. The average molecular weight is 165 g/mol. The van der Waals surface area contributed by atoms with Gasteiger partial charge < -0.3 is 5.11 Å². The predicted molar refractivity (Wildman–Crippen MR) is 45.0 cm³/mol. The van der Waals surface area contributed by atoms with Crippen molar-refractivity contribution in [1.82, 2.24) is 4.98 Å². The first-order chi connectivity index (χ1) is 5.61. The second-order valence-electron chi connectivity index (χ2n) is 2.79. The van der Waals surface area contributed by atoms with E-state index in [1.807, 2.05) is 6.92 Å². The summed E-state index contributed by atoms with van der Waals surface area (Å²) in [4.78, 5) is 14.6. The lowest BCUT2D eigenvalue weighted by molar-refractivity contribution is -0.138. The fourth-order valence-corrected chi connectivity index (χ4v) is 0.979. The summed E-state index contributed by atoms with van der Waals surface area (Å²) < 4.78 is 0. The zero-order valence-corrected chi connectivity index (χ0v) is 7.11. The molecule has 0 aliphatic rings. The number of aliphatic carboxylic acids is 1. The van der Waals surface area contributed by atoms with Crippen molar-refractivity contribution >= 4 is 5.97 Å². The first-order valence-corrected chi connectivity index (χ1v) is 3.76. The molecule has 0 fully saturated rings. The van der Waals surface area contributed by atoms with Gasteiger partial charge in [0.15, 0.2) is 0 Å². The Hall–Kier alpha value is -1.38. The highest BCUT2D eigenvalue weighted by atomic mass is 16.4. The summed E-state index contributed by atoms with van der Waals surface area (Å²) in [5.41, 5.74) is 1.65. The lowest BCUT2D eigenvalue weighted by Gasteiger charge is -2.05. The van der Waals surface area contributed by atoms with Crippen LogP contribution in [-0.2, 0) is 4.79 Å². The monoisotopic (exact) mass is 165 g/mol. The molecule has 1 rings (SSSR count). The van der Waals surface area contributed by atoms with E-state index in [0.29, 0.717) is 0 Å². The first kappa shape index (κ1) is 8.71. The van der Waals surface area contributed by atoms with E-state index in [-0.39, 0.29) is 0 Å². The number of hydrogen-bond acceptors (Lipinski definition) is 2. The summed E-state index contributed by atoms with van der Waals surface area (Å²) in [5, 5.41) is 8.71. The number of aryl methyl sites for hydroxylation is 1. The van der Waals surface area contributed by atoms with Crippen LogP contribution in [0.1, 0.15) is 24.1 Å². The molecule has 1 aromatic rings. The van der Waals surface area contributed by atoms with Crippen LogP contribution in [0.4, 0.5) is 0 Å². The second kappa shape index (κ2) is 3.34. The molecule has 12 heavy (non-hydrogen) atoms. The SMILES string of the molecule is Cc1cc(C(C)C(=O)O)ccn1. The highest BCUT2D eigenvalue weighted by Crippen LogP contribution is 2.14. The van der Waals surface area contributed by atoms with E-state index in [0.717, 1.165) is 11.3 Å². The van der Waals surface area contributed by atoms with Crippen LogP contribution < -0.4 is 0 Å². The Morgan fingerprint density at radius 1 is 1.67 bits per heavy atom. The summed E-state index contributed by atoms with van der Waals surface area (Å²) >= 11 is 0. The van der Waals surface area contributed by atoms with Crippen LogP contribution in [0, 0.1) is 6.92 Å². The van der Waals surface area contributed by atoms with E-state index in [1.165, 1.54) is 0 Å². The van der Waals surface area contributed by atoms with Crippen LogP contribution in [0.5, 0.6) is 0 Å². The van der Waals surface area contributed by atoms with Crippen LogP contribution in [0.3, 0.4) is 0 Å². The van der Waals surface area contributed by atoms with Gasteiger partial charge in [0.05, 0.1) is 5.92 Å². The van der Waals surface area contributed by atoms with Crippen molar-refractivity contribution in [2.45, 2.75) is 19.8 Å². The molecule has 1 N–H and O–H groups in total. The third-order valence-corrected chi connectivity index (χ3v) is 1.79.